The van der Waals surface area contributed by atoms with Crippen LogP contribution >= 0.6 is 24.0 Å². The molecular weight excluding hydrogens is 415 g/mol. The van der Waals surface area contributed by atoms with E-state index in [2.05, 4.69) is 53.6 Å². The number of likely N-dealkylation sites (N-methyl/N-ethyl adjacent to an activating group) is 1. The van der Waals surface area contributed by atoms with Crippen molar-refractivity contribution in [3.8, 4) is 5.75 Å². The predicted molar refractivity (Wildman–Crippen MR) is 112 cm³/mol. The molecule has 0 bridgehead atoms. The van der Waals surface area contributed by atoms with Crippen LogP contribution in [0.3, 0.4) is 0 Å². The number of nitrogens with zero attached hydrogens (tertiary/aromatic N) is 2. The number of hydrogen-bond acceptors (Lipinski definition) is 3. The van der Waals surface area contributed by atoms with Crippen molar-refractivity contribution >= 4 is 29.9 Å². The molecule has 1 aliphatic rings. The molecule has 1 heterocycles. The zero-order chi connectivity index (χ0) is 16.7. The van der Waals surface area contributed by atoms with Gasteiger partial charge < -0.3 is 20.3 Å². The Hall–Kier alpha value is -1.02. The van der Waals surface area contributed by atoms with Gasteiger partial charge in [-0.2, -0.15) is 0 Å². The molecular formula is C18H31IN4O. The van der Waals surface area contributed by atoms with Gasteiger partial charge in [0.05, 0.1) is 6.54 Å². The van der Waals surface area contributed by atoms with Gasteiger partial charge in [-0.25, -0.2) is 0 Å². The first-order valence-electron chi connectivity index (χ1n) is 8.46. The highest BCUT2D eigenvalue weighted by molar-refractivity contribution is 14.0. The highest BCUT2D eigenvalue weighted by Gasteiger charge is 2.20. The second-order valence-electron chi connectivity index (χ2n) is 6.36. The number of rotatable bonds is 6. The van der Waals surface area contributed by atoms with Gasteiger partial charge in [0, 0.05) is 19.6 Å². The van der Waals surface area contributed by atoms with Crippen molar-refractivity contribution in [2.75, 3.05) is 33.7 Å². The maximum Gasteiger partial charge on any atom is 0.191 e. The molecule has 0 saturated carbocycles. The van der Waals surface area contributed by atoms with Gasteiger partial charge >= 0.3 is 0 Å². The molecule has 0 amide bonds. The van der Waals surface area contributed by atoms with E-state index >= 15 is 0 Å². The molecule has 0 radical (unpaired) electrons. The van der Waals surface area contributed by atoms with Crippen molar-refractivity contribution < 1.29 is 4.74 Å². The fourth-order valence-corrected chi connectivity index (χ4v) is 2.88. The third kappa shape index (κ3) is 6.84. The number of nitrogens with one attached hydrogen (secondary N) is 2. The quantitative estimate of drug-likeness (QED) is 0.401. The number of likely N-dealkylation sites (tertiary alicyclic amines) is 1. The van der Waals surface area contributed by atoms with Crippen LogP contribution in [0.15, 0.2) is 29.3 Å². The summed E-state index contributed by atoms with van der Waals surface area (Å²) < 4.78 is 5.93. The SMILES string of the molecule is CN=C(NCC(C)Oc1cccc(C)c1)NCC1CCCN1C.I. The van der Waals surface area contributed by atoms with E-state index in [0.717, 1.165) is 18.3 Å². The molecule has 0 aliphatic carbocycles. The first-order chi connectivity index (χ1) is 11.1. The van der Waals surface area contributed by atoms with Crippen LogP contribution < -0.4 is 15.4 Å². The van der Waals surface area contributed by atoms with Crippen molar-refractivity contribution in [2.45, 2.75) is 38.8 Å². The van der Waals surface area contributed by atoms with Crippen LogP contribution in [-0.2, 0) is 0 Å². The van der Waals surface area contributed by atoms with Crippen molar-refractivity contribution in [3.63, 3.8) is 0 Å². The largest absolute Gasteiger partial charge is 0.489 e. The Balaban J connectivity index is 0.00000288. The maximum absolute atomic E-state index is 5.93. The lowest BCUT2D eigenvalue weighted by atomic mass is 10.2. The first kappa shape index (κ1) is 21.0. The fraction of sp³-hybridized carbons (Fsp3) is 0.611. The van der Waals surface area contributed by atoms with Gasteiger partial charge in [0.15, 0.2) is 5.96 Å². The lowest BCUT2D eigenvalue weighted by Gasteiger charge is -2.22. The molecule has 0 aromatic heterocycles. The molecule has 5 nitrogen and oxygen atoms in total. The maximum atomic E-state index is 5.93. The monoisotopic (exact) mass is 446 g/mol. The minimum Gasteiger partial charge on any atom is -0.489 e. The minimum atomic E-state index is 0. The fourth-order valence-electron chi connectivity index (χ4n) is 2.88. The normalized spacial score (nSPS) is 19.5. The summed E-state index contributed by atoms with van der Waals surface area (Å²) in [4.78, 5) is 6.69. The van der Waals surface area contributed by atoms with Crippen molar-refractivity contribution in [1.29, 1.82) is 0 Å². The van der Waals surface area contributed by atoms with Gasteiger partial charge in [-0.3, -0.25) is 4.99 Å². The Labute approximate surface area is 163 Å². The van der Waals surface area contributed by atoms with Crippen molar-refractivity contribution in [1.82, 2.24) is 15.5 Å². The molecule has 2 atom stereocenters. The van der Waals surface area contributed by atoms with Crippen LogP contribution in [-0.4, -0.2) is 56.7 Å². The zero-order valence-electron chi connectivity index (χ0n) is 15.2. The van der Waals surface area contributed by atoms with Crippen molar-refractivity contribution in [3.05, 3.63) is 29.8 Å². The average molecular weight is 446 g/mol. The third-order valence-corrected chi connectivity index (χ3v) is 4.28. The Bertz CT molecular complexity index is 523. The summed E-state index contributed by atoms with van der Waals surface area (Å²) in [7, 11) is 3.99. The molecule has 1 aliphatic heterocycles. The lowest BCUT2D eigenvalue weighted by Crippen LogP contribution is -2.46. The van der Waals surface area contributed by atoms with Crippen molar-refractivity contribution in [2.24, 2.45) is 4.99 Å². The predicted octanol–water partition coefficient (Wildman–Crippen LogP) is 2.64. The molecule has 6 heteroatoms. The van der Waals surface area contributed by atoms with E-state index in [0.29, 0.717) is 12.6 Å². The number of guanidine groups is 1. The Morgan fingerprint density at radius 3 is 2.83 bits per heavy atom. The number of benzene rings is 1. The van der Waals surface area contributed by atoms with Gasteiger partial charge in [0.1, 0.15) is 11.9 Å². The van der Waals surface area contributed by atoms with E-state index in [1.165, 1.54) is 24.9 Å². The van der Waals surface area contributed by atoms with Crippen LogP contribution in [0.25, 0.3) is 0 Å². The van der Waals surface area contributed by atoms with Gasteiger partial charge in [-0.1, -0.05) is 12.1 Å². The zero-order valence-corrected chi connectivity index (χ0v) is 17.5. The summed E-state index contributed by atoms with van der Waals surface area (Å²) in [6.45, 7) is 6.98. The van der Waals surface area contributed by atoms with Crippen LogP contribution in [0.5, 0.6) is 5.75 Å². The molecule has 136 valence electrons. The van der Waals surface area contributed by atoms with Crippen LogP contribution in [0.2, 0.25) is 0 Å². The summed E-state index contributed by atoms with van der Waals surface area (Å²) in [5.41, 5.74) is 1.21. The number of aliphatic imine (C=N–C) groups is 1. The van der Waals surface area contributed by atoms with Crippen LogP contribution in [0.4, 0.5) is 0 Å². The van der Waals surface area contributed by atoms with Crippen LogP contribution in [0, 0.1) is 6.92 Å². The third-order valence-electron chi connectivity index (χ3n) is 4.28. The highest BCUT2D eigenvalue weighted by Crippen LogP contribution is 2.14. The van der Waals surface area contributed by atoms with E-state index in [-0.39, 0.29) is 30.1 Å². The second kappa shape index (κ2) is 10.8. The molecule has 1 fully saturated rings. The molecule has 24 heavy (non-hydrogen) atoms. The first-order valence-corrected chi connectivity index (χ1v) is 8.46. The lowest BCUT2D eigenvalue weighted by molar-refractivity contribution is 0.223. The van der Waals surface area contributed by atoms with Gasteiger partial charge in [0.2, 0.25) is 0 Å². The van der Waals surface area contributed by atoms with Gasteiger partial charge in [0.25, 0.3) is 0 Å². The van der Waals surface area contributed by atoms with Gasteiger partial charge in [-0.15, -0.1) is 24.0 Å². The van der Waals surface area contributed by atoms with E-state index in [4.69, 9.17) is 4.74 Å². The highest BCUT2D eigenvalue weighted by atomic mass is 127. The van der Waals surface area contributed by atoms with E-state index in [1.807, 2.05) is 12.1 Å². The minimum absolute atomic E-state index is 0. The molecule has 1 aromatic carbocycles. The molecule has 2 N–H and O–H groups in total. The molecule has 1 aromatic rings. The summed E-state index contributed by atoms with van der Waals surface area (Å²) in [5.74, 6) is 1.75. The van der Waals surface area contributed by atoms with Crippen LogP contribution in [0.1, 0.15) is 25.3 Å². The summed E-state index contributed by atoms with van der Waals surface area (Å²) in [6.07, 6.45) is 2.62. The Kier molecular flexibility index (Phi) is 9.43. The second-order valence-corrected chi connectivity index (χ2v) is 6.36. The number of halogens is 1. The standard InChI is InChI=1S/C18H30N4O.HI/c1-14-7-5-9-17(11-14)23-15(2)12-20-18(19-3)21-13-16-8-6-10-22(16)4;/h5,7,9,11,15-16H,6,8,10,12-13H2,1-4H3,(H2,19,20,21);1H. The summed E-state index contributed by atoms with van der Waals surface area (Å²) in [6, 6.07) is 8.74. The average Bonchev–Trinajstić information content (AvgIpc) is 2.93. The van der Waals surface area contributed by atoms with Gasteiger partial charge in [-0.05, 0) is 58.0 Å². The number of hydrogen-bond donors (Lipinski definition) is 2. The Morgan fingerprint density at radius 1 is 1.42 bits per heavy atom. The molecule has 2 unspecified atom stereocenters. The summed E-state index contributed by atoms with van der Waals surface area (Å²) in [5, 5.41) is 6.75. The molecule has 1 saturated heterocycles. The smallest absolute Gasteiger partial charge is 0.191 e. The summed E-state index contributed by atoms with van der Waals surface area (Å²) >= 11 is 0. The number of aryl methyl sites for hydroxylation is 1. The molecule has 0 spiro atoms. The van der Waals surface area contributed by atoms with E-state index < -0.39 is 0 Å². The topological polar surface area (TPSA) is 48.9 Å². The Morgan fingerprint density at radius 2 is 2.21 bits per heavy atom. The molecule has 2 rings (SSSR count). The van der Waals surface area contributed by atoms with E-state index in [9.17, 15) is 0 Å². The number of ether oxygens (including phenoxy) is 1. The van der Waals surface area contributed by atoms with E-state index in [1.54, 1.807) is 7.05 Å².